The molecular weight excluding hydrogens is 412 g/mol. The summed E-state index contributed by atoms with van der Waals surface area (Å²) in [7, 11) is 0. The van der Waals surface area contributed by atoms with Crippen molar-refractivity contribution < 1.29 is 14.7 Å². The van der Waals surface area contributed by atoms with Crippen molar-refractivity contribution in [2.75, 3.05) is 11.4 Å². The van der Waals surface area contributed by atoms with E-state index in [0.29, 0.717) is 30.6 Å². The number of hydrogen-bond acceptors (Lipinski definition) is 4. The highest BCUT2D eigenvalue weighted by Gasteiger charge is 2.32. The van der Waals surface area contributed by atoms with Crippen molar-refractivity contribution in [3.8, 4) is 0 Å². The summed E-state index contributed by atoms with van der Waals surface area (Å²) in [5, 5.41) is 12.4. The van der Waals surface area contributed by atoms with Crippen molar-refractivity contribution in [2.45, 2.75) is 33.6 Å². The molecule has 33 heavy (non-hydrogen) atoms. The molecule has 5 nitrogen and oxygen atoms in total. The van der Waals surface area contributed by atoms with Gasteiger partial charge in [0.1, 0.15) is 5.76 Å². The number of nitrogens with zero attached hydrogens (tertiary/aromatic N) is 2. The average molecular weight is 441 g/mol. The van der Waals surface area contributed by atoms with Crippen LogP contribution in [0, 0.1) is 5.41 Å². The van der Waals surface area contributed by atoms with Crippen LogP contribution in [0.25, 0.3) is 10.8 Å². The van der Waals surface area contributed by atoms with Gasteiger partial charge in [-0.05, 0) is 48.1 Å². The van der Waals surface area contributed by atoms with Gasteiger partial charge < -0.3 is 10.0 Å². The molecule has 3 aromatic rings. The Bertz CT molecular complexity index is 1260. The van der Waals surface area contributed by atoms with Crippen LogP contribution in [-0.4, -0.2) is 29.6 Å². The van der Waals surface area contributed by atoms with Crippen LogP contribution in [0.5, 0.6) is 0 Å². The summed E-state index contributed by atoms with van der Waals surface area (Å²) in [5.74, 6) is -0.108. The topological polar surface area (TPSA) is 70.0 Å². The van der Waals surface area contributed by atoms with Gasteiger partial charge in [-0.3, -0.25) is 14.6 Å². The molecule has 0 bridgehead atoms. The van der Waals surface area contributed by atoms with Crippen molar-refractivity contribution >= 4 is 40.1 Å². The molecular formula is C28H28N2O3. The van der Waals surface area contributed by atoms with Gasteiger partial charge in [-0.2, -0.15) is 0 Å². The zero-order valence-corrected chi connectivity index (χ0v) is 19.2. The van der Waals surface area contributed by atoms with Gasteiger partial charge in [-0.25, -0.2) is 0 Å². The number of Topliss-reactive ketones (excluding diaryl/α,β-unsaturated/α-hetero) is 1. The summed E-state index contributed by atoms with van der Waals surface area (Å²) >= 11 is 0. The Balaban J connectivity index is 1.56. The summed E-state index contributed by atoms with van der Waals surface area (Å²) in [4.78, 5) is 31.8. The summed E-state index contributed by atoms with van der Waals surface area (Å²) in [5.41, 5.74) is 2.07. The molecule has 3 aromatic carbocycles. The number of allylic oxidation sites excluding steroid dienone is 2. The van der Waals surface area contributed by atoms with Crippen molar-refractivity contribution in [2.24, 2.45) is 10.4 Å². The minimum atomic E-state index is -0.240. The molecule has 4 rings (SSSR count). The molecule has 0 heterocycles. The van der Waals surface area contributed by atoms with Crippen LogP contribution in [0.4, 0.5) is 11.4 Å². The molecule has 0 spiro atoms. The summed E-state index contributed by atoms with van der Waals surface area (Å²) in [6.45, 7) is 6.42. The fourth-order valence-corrected chi connectivity index (χ4v) is 4.30. The Morgan fingerprint density at radius 1 is 1.03 bits per heavy atom. The molecule has 0 atom stereocenters. The third-order valence-corrected chi connectivity index (χ3v) is 5.97. The lowest BCUT2D eigenvalue weighted by molar-refractivity contribution is -0.117. The Kier molecular flexibility index (Phi) is 6.14. The van der Waals surface area contributed by atoms with E-state index in [1.165, 1.54) is 6.21 Å². The molecule has 0 saturated heterocycles. The van der Waals surface area contributed by atoms with Gasteiger partial charge in [0, 0.05) is 36.6 Å². The van der Waals surface area contributed by atoms with E-state index in [2.05, 4.69) is 4.99 Å². The normalized spacial score (nSPS) is 15.9. The Morgan fingerprint density at radius 2 is 1.73 bits per heavy atom. The zero-order valence-electron chi connectivity index (χ0n) is 19.2. The van der Waals surface area contributed by atoms with Crippen molar-refractivity contribution in [1.29, 1.82) is 0 Å². The number of ketones is 1. The maximum atomic E-state index is 13.3. The minimum Gasteiger partial charge on any atom is -0.511 e. The second-order valence-electron chi connectivity index (χ2n) is 9.15. The van der Waals surface area contributed by atoms with Crippen LogP contribution in [-0.2, 0) is 4.79 Å². The van der Waals surface area contributed by atoms with Gasteiger partial charge in [-0.15, -0.1) is 0 Å². The lowest BCUT2D eigenvalue weighted by atomic mass is 9.77. The van der Waals surface area contributed by atoms with Crippen molar-refractivity contribution in [3.05, 3.63) is 83.6 Å². The number of benzene rings is 3. The molecule has 5 heteroatoms. The standard InChI is InChI=1S/C28H28N2O3/c1-4-30(24-11-7-9-19-8-5-6-10-22(19)24)27(33)20-12-14-21(15-13-20)29-18-23-25(31)16-28(2,3)17-26(23)32/h5-15,18,31H,4,16-17H2,1-3H3. The van der Waals surface area contributed by atoms with E-state index >= 15 is 0 Å². The van der Waals surface area contributed by atoms with E-state index in [1.54, 1.807) is 29.2 Å². The first-order chi connectivity index (χ1) is 15.8. The summed E-state index contributed by atoms with van der Waals surface area (Å²) < 4.78 is 0. The first kappa shape index (κ1) is 22.5. The Labute approximate surface area is 194 Å². The molecule has 0 aromatic heterocycles. The Morgan fingerprint density at radius 3 is 2.42 bits per heavy atom. The van der Waals surface area contributed by atoms with Crippen LogP contribution in [0.3, 0.4) is 0 Å². The molecule has 1 amide bonds. The molecule has 0 aliphatic heterocycles. The number of hydrogen-bond donors (Lipinski definition) is 1. The van der Waals surface area contributed by atoms with E-state index in [0.717, 1.165) is 16.5 Å². The third kappa shape index (κ3) is 4.72. The first-order valence-electron chi connectivity index (χ1n) is 11.2. The van der Waals surface area contributed by atoms with Gasteiger partial charge in [0.25, 0.3) is 5.91 Å². The molecule has 1 aliphatic rings. The van der Waals surface area contributed by atoms with E-state index in [1.807, 2.05) is 63.2 Å². The molecule has 168 valence electrons. The van der Waals surface area contributed by atoms with Gasteiger partial charge >= 0.3 is 0 Å². The van der Waals surface area contributed by atoms with Crippen LogP contribution >= 0.6 is 0 Å². The van der Waals surface area contributed by atoms with Gasteiger partial charge in [0.05, 0.1) is 16.9 Å². The molecule has 1 N–H and O–H groups in total. The summed E-state index contributed by atoms with van der Waals surface area (Å²) in [6.07, 6.45) is 2.26. The first-order valence-corrected chi connectivity index (χ1v) is 11.2. The predicted octanol–water partition coefficient (Wildman–Crippen LogP) is 6.41. The highest BCUT2D eigenvalue weighted by Crippen LogP contribution is 2.35. The minimum absolute atomic E-state index is 0.0838. The smallest absolute Gasteiger partial charge is 0.258 e. The molecule has 0 radical (unpaired) electrons. The second-order valence-corrected chi connectivity index (χ2v) is 9.15. The second kappa shape index (κ2) is 9.02. The SMILES string of the molecule is CCN(C(=O)c1ccc(N=CC2=C(O)CC(C)(C)CC2=O)cc1)c1cccc2ccccc12. The number of aliphatic hydroxyl groups excluding tert-OH is 1. The number of carbonyl (C=O) groups is 2. The van der Waals surface area contributed by atoms with E-state index in [4.69, 9.17) is 0 Å². The molecule has 1 aliphatic carbocycles. The van der Waals surface area contributed by atoms with Crippen LogP contribution in [0.2, 0.25) is 0 Å². The van der Waals surface area contributed by atoms with Crippen LogP contribution in [0.1, 0.15) is 44.0 Å². The van der Waals surface area contributed by atoms with E-state index < -0.39 is 0 Å². The average Bonchev–Trinajstić information content (AvgIpc) is 2.79. The monoisotopic (exact) mass is 440 g/mol. The van der Waals surface area contributed by atoms with Gasteiger partial charge in [0.2, 0.25) is 0 Å². The highest BCUT2D eigenvalue weighted by atomic mass is 16.3. The number of anilines is 1. The maximum Gasteiger partial charge on any atom is 0.258 e. The highest BCUT2D eigenvalue weighted by molar-refractivity contribution is 6.15. The van der Waals surface area contributed by atoms with Crippen LogP contribution < -0.4 is 4.90 Å². The van der Waals surface area contributed by atoms with Crippen molar-refractivity contribution in [1.82, 2.24) is 0 Å². The third-order valence-electron chi connectivity index (χ3n) is 5.97. The lowest BCUT2D eigenvalue weighted by Crippen LogP contribution is -2.30. The van der Waals surface area contributed by atoms with E-state index in [-0.39, 0.29) is 28.4 Å². The van der Waals surface area contributed by atoms with Crippen molar-refractivity contribution in [3.63, 3.8) is 0 Å². The predicted molar refractivity (Wildman–Crippen MR) is 134 cm³/mol. The number of fused-ring (bicyclic) bond motifs is 1. The number of rotatable bonds is 5. The van der Waals surface area contributed by atoms with Gasteiger partial charge in [0.15, 0.2) is 5.78 Å². The number of carbonyl (C=O) groups excluding carboxylic acids is 2. The summed E-state index contributed by atoms with van der Waals surface area (Å²) in [6, 6.07) is 21.0. The zero-order chi connectivity index (χ0) is 23.6. The largest absolute Gasteiger partial charge is 0.511 e. The Hall–Kier alpha value is -3.73. The van der Waals surface area contributed by atoms with Crippen LogP contribution in [0.15, 0.2) is 83.1 Å². The number of aliphatic hydroxyl groups is 1. The maximum absolute atomic E-state index is 13.3. The fraction of sp³-hybridized carbons (Fsp3) is 0.250. The molecule has 0 saturated carbocycles. The number of aliphatic imine (C=N–C) groups is 1. The number of amides is 1. The quantitative estimate of drug-likeness (QED) is 0.466. The molecule has 0 fully saturated rings. The molecule has 0 unspecified atom stereocenters. The lowest BCUT2D eigenvalue weighted by Gasteiger charge is -2.28. The fourth-order valence-electron chi connectivity index (χ4n) is 4.30. The van der Waals surface area contributed by atoms with Gasteiger partial charge in [-0.1, -0.05) is 50.2 Å². The van der Waals surface area contributed by atoms with E-state index in [9.17, 15) is 14.7 Å².